The van der Waals surface area contributed by atoms with Gasteiger partial charge < -0.3 is 23.4 Å². The van der Waals surface area contributed by atoms with Gasteiger partial charge >= 0.3 is 5.97 Å². The van der Waals surface area contributed by atoms with Crippen LogP contribution < -0.4 is 14.2 Å². The zero-order chi connectivity index (χ0) is 22.5. The minimum atomic E-state index is -0.856. The van der Waals surface area contributed by atoms with Crippen LogP contribution in [0.15, 0.2) is 40.8 Å². The highest BCUT2D eigenvalue weighted by Crippen LogP contribution is 2.38. The van der Waals surface area contributed by atoms with Crippen molar-refractivity contribution in [2.45, 2.75) is 13.0 Å². The average molecular weight is 429 g/mol. The van der Waals surface area contributed by atoms with E-state index in [1.165, 1.54) is 57.7 Å². The van der Waals surface area contributed by atoms with Crippen LogP contribution in [0.4, 0.5) is 5.69 Å². The lowest BCUT2D eigenvalue weighted by Gasteiger charge is -2.14. The van der Waals surface area contributed by atoms with E-state index in [2.05, 4.69) is 10.2 Å². The molecule has 2 aromatic carbocycles. The zero-order valence-corrected chi connectivity index (χ0v) is 17.1. The second kappa shape index (κ2) is 9.11. The second-order valence-electron chi connectivity index (χ2n) is 6.21. The van der Waals surface area contributed by atoms with Crippen molar-refractivity contribution in [1.82, 2.24) is 10.2 Å². The molecule has 0 fully saturated rings. The zero-order valence-electron chi connectivity index (χ0n) is 17.1. The van der Waals surface area contributed by atoms with Gasteiger partial charge in [-0.2, -0.15) is 0 Å². The molecule has 31 heavy (non-hydrogen) atoms. The Morgan fingerprint density at radius 2 is 1.65 bits per heavy atom. The highest BCUT2D eigenvalue weighted by atomic mass is 16.6. The monoisotopic (exact) mass is 429 g/mol. The van der Waals surface area contributed by atoms with Crippen LogP contribution in [0.2, 0.25) is 0 Å². The number of nitro groups is 1. The number of carbonyl (C=O) groups excluding carboxylic acids is 1. The van der Waals surface area contributed by atoms with Crippen LogP contribution in [0, 0.1) is 10.1 Å². The number of methoxy groups -OCH3 is 3. The van der Waals surface area contributed by atoms with E-state index >= 15 is 0 Å². The first kappa shape index (κ1) is 21.6. The van der Waals surface area contributed by atoms with Gasteiger partial charge in [0.1, 0.15) is 0 Å². The molecule has 0 radical (unpaired) electrons. The van der Waals surface area contributed by atoms with E-state index in [-0.39, 0.29) is 23.0 Å². The van der Waals surface area contributed by atoms with Crippen LogP contribution >= 0.6 is 0 Å². The standard InChI is InChI=1S/C20H19N3O8/c1-11(18-21-22-19(31-18)12-5-7-14(8-6-12)23(25)26)30-20(24)13-9-15(27-2)17(29-4)16(10-13)28-3/h5-11H,1-4H3. The van der Waals surface area contributed by atoms with Crippen molar-refractivity contribution >= 4 is 11.7 Å². The van der Waals surface area contributed by atoms with Crippen LogP contribution in [0.25, 0.3) is 11.5 Å². The molecule has 0 aliphatic rings. The maximum absolute atomic E-state index is 12.6. The molecule has 1 heterocycles. The van der Waals surface area contributed by atoms with Crippen molar-refractivity contribution in [2.75, 3.05) is 21.3 Å². The Bertz CT molecular complexity index is 1070. The summed E-state index contributed by atoms with van der Waals surface area (Å²) < 4.78 is 26.7. The van der Waals surface area contributed by atoms with Gasteiger partial charge in [-0.1, -0.05) is 0 Å². The average Bonchev–Trinajstić information content (AvgIpc) is 3.28. The number of nitro benzene ring substituents is 1. The molecule has 11 nitrogen and oxygen atoms in total. The summed E-state index contributed by atoms with van der Waals surface area (Å²) in [5.41, 5.74) is 0.611. The lowest BCUT2D eigenvalue weighted by Crippen LogP contribution is -2.10. The molecule has 0 N–H and O–H groups in total. The molecular formula is C20H19N3O8. The van der Waals surface area contributed by atoms with E-state index in [9.17, 15) is 14.9 Å². The van der Waals surface area contributed by atoms with Crippen molar-refractivity contribution in [3.05, 3.63) is 58.0 Å². The molecule has 0 amide bonds. The number of non-ortho nitro benzene ring substituents is 1. The Morgan fingerprint density at radius 3 is 2.16 bits per heavy atom. The van der Waals surface area contributed by atoms with Crippen LogP contribution in [0.3, 0.4) is 0 Å². The van der Waals surface area contributed by atoms with Gasteiger partial charge in [-0.25, -0.2) is 4.79 Å². The Kier molecular flexibility index (Phi) is 6.34. The topological polar surface area (TPSA) is 136 Å². The van der Waals surface area contributed by atoms with Gasteiger partial charge in [0.25, 0.3) is 11.6 Å². The van der Waals surface area contributed by atoms with Crippen LogP contribution in [0.1, 0.15) is 29.3 Å². The third-order valence-corrected chi connectivity index (χ3v) is 4.30. The van der Waals surface area contributed by atoms with Crippen LogP contribution in [0.5, 0.6) is 17.2 Å². The minimum absolute atomic E-state index is 0.0591. The van der Waals surface area contributed by atoms with E-state index < -0.39 is 17.0 Å². The summed E-state index contributed by atoms with van der Waals surface area (Å²) in [6.45, 7) is 1.57. The summed E-state index contributed by atoms with van der Waals surface area (Å²) in [6, 6.07) is 8.56. The van der Waals surface area contributed by atoms with Crippen molar-refractivity contribution in [2.24, 2.45) is 0 Å². The Balaban J connectivity index is 1.77. The molecule has 0 aliphatic carbocycles. The number of ether oxygens (including phenoxy) is 4. The molecular weight excluding hydrogens is 410 g/mol. The number of hydrogen-bond acceptors (Lipinski definition) is 10. The molecule has 0 bridgehead atoms. The summed E-state index contributed by atoms with van der Waals surface area (Å²) in [7, 11) is 4.33. The van der Waals surface area contributed by atoms with Crippen LogP contribution in [-0.2, 0) is 4.74 Å². The van der Waals surface area contributed by atoms with Crippen molar-refractivity contribution < 1.29 is 33.1 Å². The van der Waals surface area contributed by atoms with E-state index in [0.717, 1.165) is 0 Å². The van der Waals surface area contributed by atoms with E-state index in [1.54, 1.807) is 6.92 Å². The fourth-order valence-corrected chi connectivity index (χ4v) is 2.72. The normalized spacial score (nSPS) is 11.5. The van der Waals surface area contributed by atoms with Gasteiger partial charge in [-0.15, -0.1) is 10.2 Å². The van der Waals surface area contributed by atoms with Gasteiger partial charge in [0.15, 0.2) is 17.6 Å². The SMILES string of the molecule is COc1cc(C(=O)OC(C)c2nnc(-c3ccc([N+](=O)[O-])cc3)o2)cc(OC)c1OC. The number of nitrogens with zero attached hydrogens (tertiary/aromatic N) is 3. The molecule has 0 aliphatic heterocycles. The van der Waals surface area contributed by atoms with Crippen molar-refractivity contribution in [3.8, 4) is 28.7 Å². The molecule has 162 valence electrons. The number of carbonyl (C=O) groups is 1. The maximum Gasteiger partial charge on any atom is 0.339 e. The Hall–Kier alpha value is -4.15. The first-order valence-electron chi connectivity index (χ1n) is 8.97. The quantitative estimate of drug-likeness (QED) is 0.297. The van der Waals surface area contributed by atoms with E-state index in [1.807, 2.05) is 0 Å². The molecule has 0 saturated carbocycles. The smallest absolute Gasteiger partial charge is 0.339 e. The van der Waals surface area contributed by atoms with E-state index in [4.69, 9.17) is 23.4 Å². The summed E-state index contributed by atoms with van der Waals surface area (Å²) in [5.74, 6) is 0.496. The first-order chi connectivity index (χ1) is 14.9. The highest BCUT2D eigenvalue weighted by molar-refractivity contribution is 5.91. The molecule has 1 aromatic heterocycles. The fraction of sp³-hybridized carbons (Fsp3) is 0.250. The largest absolute Gasteiger partial charge is 0.493 e. The molecule has 1 atom stereocenters. The number of hydrogen-bond donors (Lipinski definition) is 0. The molecule has 0 spiro atoms. The maximum atomic E-state index is 12.6. The predicted octanol–water partition coefficient (Wildman–Crippen LogP) is 3.59. The third-order valence-electron chi connectivity index (χ3n) is 4.30. The molecule has 0 saturated heterocycles. The molecule has 1 unspecified atom stereocenters. The number of aromatic nitrogens is 2. The minimum Gasteiger partial charge on any atom is -0.493 e. The fourth-order valence-electron chi connectivity index (χ4n) is 2.72. The summed E-state index contributed by atoms with van der Waals surface area (Å²) in [6.07, 6.45) is -0.856. The predicted molar refractivity (Wildman–Crippen MR) is 106 cm³/mol. The van der Waals surface area contributed by atoms with Crippen LogP contribution in [-0.4, -0.2) is 42.4 Å². The van der Waals surface area contributed by atoms with Gasteiger partial charge in [-0.3, -0.25) is 10.1 Å². The summed E-state index contributed by atoms with van der Waals surface area (Å²) in [4.78, 5) is 22.9. The number of benzene rings is 2. The molecule has 11 heteroatoms. The molecule has 3 aromatic rings. The second-order valence-corrected chi connectivity index (χ2v) is 6.21. The molecule has 3 rings (SSSR count). The van der Waals surface area contributed by atoms with Gasteiger partial charge in [0.05, 0.1) is 31.8 Å². The lowest BCUT2D eigenvalue weighted by molar-refractivity contribution is -0.384. The number of rotatable bonds is 8. The summed E-state index contributed by atoms with van der Waals surface area (Å²) in [5, 5.41) is 18.6. The lowest BCUT2D eigenvalue weighted by atomic mass is 10.2. The van der Waals surface area contributed by atoms with Crippen molar-refractivity contribution in [3.63, 3.8) is 0 Å². The van der Waals surface area contributed by atoms with Gasteiger partial charge in [-0.05, 0) is 31.2 Å². The Morgan fingerprint density at radius 1 is 1.03 bits per heavy atom. The Labute approximate surface area is 176 Å². The summed E-state index contributed by atoms with van der Waals surface area (Å²) >= 11 is 0. The first-order valence-corrected chi connectivity index (χ1v) is 8.97. The number of esters is 1. The van der Waals surface area contributed by atoms with Gasteiger partial charge in [0, 0.05) is 17.7 Å². The third kappa shape index (κ3) is 4.55. The van der Waals surface area contributed by atoms with Crippen molar-refractivity contribution in [1.29, 1.82) is 0 Å². The highest BCUT2D eigenvalue weighted by Gasteiger charge is 2.23. The van der Waals surface area contributed by atoms with E-state index in [0.29, 0.717) is 22.8 Å². The van der Waals surface area contributed by atoms with Gasteiger partial charge in [0.2, 0.25) is 11.6 Å².